The zero-order valence-corrected chi connectivity index (χ0v) is 13.0. The molecule has 4 rings (SSSR count). The molecule has 1 aromatic carbocycles. The van der Waals surface area contributed by atoms with E-state index in [2.05, 4.69) is 25.6 Å². The van der Waals surface area contributed by atoms with Gasteiger partial charge in [0.1, 0.15) is 0 Å². The van der Waals surface area contributed by atoms with Crippen molar-refractivity contribution < 1.29 is 4.79 Å². The molecule has 0 saturated carbocycles. The van der Waals surface area contributed by atoms with Crippen LogP contribution >= 0.6 is 0 Å². The minimum absolute atomic E-state index is 0.391. The van der Waals surface area contributed by atoms with Gasteiger partial charge in [0.25, 0.3) is 5.91 Å². The molecule has 3 N–H and O–H groups in total. The number of aromatic nitrogens is 5. The number of nitrogens with one attached hydrogen (secondary N) is 1. The third-order valence-corrected chi connectivity index (χ3v) is 3.66. The van der Waals surface area contributed by atoms with E-state index >= 15 is 0 Å². The Kier molecular flexibility index (Phi) is 3.55. The average Bonchev–Trinajstić information content (AvgIpc) is 3.06. The lowest BCUT2D eigenvalue weighted by Gasteiger charge is -2.09. The number of nitrogens with zero attached hydrogens (tertiary/aromatic N) is 5. The fourth-order valence-corrected chi connectivity index (χ4v) is 2.48. The molecule has 0 fully saturated rings. The van der Waals surface area contributed by atoms with Crippen LogP contribution in [0.1, 0.15) is 10.4 Å². The van der Waals surface area contributed by atoms with Gasteiger partial charge in [-0.05, 0) is 36.4 Å². The van der Waals surface area contributed by atoms with Crippen LogP contribution in [0.15, 0.2) is 60.9 Å². The molecule has 8 heteroatoms. The molecule has 3 heterocycles. The molecule has 0 aliphatic carbocycles. The smallest absolute Gasteiger partial charge is 0.250 e. The van der Waals surface area contributed by atoms with Gasteiger partial charge in [0, 0.05) is 18.0 Å². The molecule has 0 atom stereocenters. The monoisotopic (exact) mass is 331 g/mol. The van der Waals surface area contributed by atoms with Crippen molar-refractivity contribution in [1.29, 1.82) is 0 Å². The second-order valence-electron chi connectivity index (χ2n) is 5.28. The largest absolute Gasteiger partial charge is 0.366 e. The van der Waals surface area contributed by atoms with E-state index in [1.165, 1.54) is 0 Å². The number of hydrogen-bond acceptors (Lipinski definition) is 6. The number of fused-ring (bicyclic) bond motifs is 1. The van der Waals surface area contributed by atoms with Gasteiger partial charge < -0.3 is 11.1 Å². The quantitative estimate of drug-likeness (QED) is 0.592. The Balaban J connectivity index is 1.76. The van der Waals surface area contributed by atoms with Crippen molar-refractivity contribution in [2.24, 2.45) is 5.73 Å². The number of rotatable bonds is 4. The fourth-order valence-electron chi connectivity index (χ4n) is 2.48. The second-order valence-corrected chi connectivity index (χ2v) is 5.28. The number of hydrogen-bond donors (Lipinski definition) is 2. The number of nitrogens with two attached hydrogens (primary N) is 1. The van der Waals surface area contributed by atoms with Gasteiger partial charge in [-0.2, -0.15) is 4.52 Å². The van der Waals surface area contributed by atoms with Gasteiger partial charge in [-0.25, -0.2) is 0 Å². The van der Waals surface area contributed by atoms with Crippen LogP contribution in [0.4, 0.5) is 11.5 Å². The standard InChI is InChI=1S/C17H13N7O/c18-16(25)12-3-1-2-4-13(12)20-14-5-6-15-21-22-17(24(15)23-14)11-7-9-19-10-8-11/h1-10H,(H2,18,25)(H,20,23). The molecule has 0 spiro atoms. The molecule has 0 saturated heterocycles. The minimum atomic E-state index is -0.508. The second kappa shape index (κ2) is 6.00. The van der Waals surface area contributed by atoms with Crippen LogP contribution in [0.25, 0.3) is 17.0 Å². The first-order chi connectivity index (χ1) is 12.2. The highest BCUT2D eigenvalue weighted by Gasteiger charge is 2.11. The number of carbonyl (C=O) groups excluding carboxylic acids is 1. The molecule has 122 valence electrons. The van der Waals surface area contributed by atoms with Crippen LogP contribution in [0.3, 0.4) is 0 Å². The van der Waals surface area contributed by atoms with E-state index in [9.17, 15) is 4.79 Å². The summed E-state index contributed by atoms with van der Waals surface area (Å²) >= 11 is 0. The van der Waals surface area contributed by atoms with Crippen LogP contribution in [0.2, 0.25) is 0 Å². The summed E-state index contributed by atoms with van der Waals surface area (Å²) in [7, 11) is 0. The van der Waals surface area contributed by atoms with Gasteiger partial charge >= 0.3 is 0 Å². The van der Waals surface area contributed by atoms with Crippen molar-refractivity contribution in [1.82, 2.24) is 24.8 Å². The molecule has 25 heavy (non-hydrogen) atoms. The third-order valence-electron chi connectivity index (χ3n) is 3.66. The van der Waals surface area contributed by atoms with Crippen LogP contribution < -0.4 is 11.1 Å². The summed E-state index contributed by atoms with van der Waals surface area (Å²) in [6.07, 6.45) is 3.36. The Hall–Kier alpha value is -3.81. The zero-order valence-electron chi connectivity index (χ0n) is 13.0. The predicted octanol–water partition coefficient (Wildman–Crippen LogP) is 2.03. The lowest BCUT2D eigenvalue weighted by molar-refractivity contribution is 0.100. The lowest BCUT2D eigenvalue weighted by Crippen LogP contribution is -2.13. The summed E-state index contributed by atoms with van der Waals surface area (Å²) in [4.78, 5) is 15.6. The maximum absolute atomic E-state index is 11.6. The van der Waals surface area contributed by atoms with E-state index in [1.807, 2.05) is 18.2 Å². The number of carbonyl (C=O) groups is 1. The van der Waals surface area contributed by atoms with E-state index in [0.717, 1.165) is 5.56 Å². The average molecular weight is 331 g/mol. The van der Waals surface area contributed by atoms with Crippen molar-refractivity contribution in [3.63, 3.8) is 0 Å². The number of anilines is 2. The molecule has 0 radical (unpaired) electrons. The van der Waals surface area contributed by atoms with Crippen LogP contribution in [0, 0.1) is 0 Å². The molecular formula is C17H13N7O. The molecular weight excluding hydrogens is 318 g/mol. The Morgan fingerprint density at radius 2 is 1.80 bits per heavy atom. The summed E-state index contributed by atoms with van der Waals surface area (Å²) in [6, 6.07) is 14.2. The third kappa shape index (κ3) is 2.76. The molecule has 0 aliphatic heterocycles. The minimum Gasteiger partial charge on any atom is -0.366 e. The van der Waals surface area contributed by atoms with E-state index < -0.39 is 5.91 Å². The Morgan fingerprint density at radius 3 is 2.60 bits per heavy atom. The highest BCUT2D eigenvalue weighted by Crippen LogP contribution is 2.21. The van der Waals surface area contributed by atoms with Crippen molar-refractivity contribution in [3.8, 4) is 11.4 Å². The maximum atomic E-state index is 11.6. The summed E-state index contributed by atoms with van der Waals surface area (Å²) < 4.78 is 1.63. The number of primary amides is 1. The topological polar surface area (TPSA) is 111 Å². The molecule has 3 aromatic heterocycles. The van der Waals surface area contributed by atoms with Gasteiger partial charge in [0.2, 0.25) is 0 Å². The molecule has 4 aromatic rings. The lowest BCUT2D eigenvalue weighted by atomic mass is 10.1. The summed E-state index contributed by atoms with van der Waals surface area (Å²) in [5, 5.41) is 15.9. The van der Waals surface area contributed by atoms with Crippen molar-refractivity contribution in [2.75, 3.05) is 5.32 Å². The van der Waals surface area contributed by atoms with E-state index in [1.54, 1.807) is 47.2 Å². The van der Waals surface area contributed by atoms with Gasteiger partial charge in [-0.1, -0.05) is 12.1 Å². The molecule has 8 nitrogen and oxygen atoms in total. The van der Waals surface area contributed by atoms with Crippen molar-refractivity contribution in [2.45, 2.75) is 0 Å². The first-order valence-corrected chi connectivity index (χ1v) is 7.51. The van der Waals surface area contributed by atoms with Gasteiger partial charge in [0.15, 0.2) is 17.3 Å². The fraction of sp³-hybridized carbons (Fsp3) is 0. The predicted molar refractivity (Wildman–Crippen MR) is 92.3 cm³/mol. The first-order valence-electron chi connectivity index (χ1n) is 7.51. The molecule has 0 bridgehead atoms. The van der Waals surface area contributed by atoms with E-state index in [0.29, 0.717) is 28.5 Å². The summed E-state index contributed by atoms with van der Waals surface area (Å²) in [6.45, 7) is 0. The van der Waals surface area contributed by atoms with Crippen molar-refractivity contribution in [3.05, 3.63) is 66.5 Å². The maximum Gasteiger partial charge on any atom is 0.250 e. The Labute approximate surface area is 142 Å². The Bertz CT molecular complexity index is 1060. The highest BCUT2D eigenvalue weighted by molar-refractivity contribution is 5.99. The normalized spacial score (nSPS) is 10.7. The van der Waals surface area contributed by atoms with E-state index in [4.69, 9.17) is 5.73 Å². The summed E-state index contributed by atoms with van der Waals surface area (Å²) in [5.74, 6) is 0.631. The van der Waals surface area contributed by atoms with E-state index in [-0.39, 0.29) is 0 Å². The van der Waals surface area contributed by atoms with Crippen LogP contribution in [-0.2, 0) is 0 Å². The summed E-state index contributed by atoms with van der Waals surface area (Å²) in [5.41, 5.74) is 7.85. The van der Waals surface area contributed by atoms with Crippen LogP contribution in [0.5, 0.6) is 0 Å². The highest BCUT2D eigenvalue weighted by atomic mass is 16.1. The molecule has 1 amide bonds. The number of amides is 1. The van der Waals surface area contributed by atoms with Gasteiger partial charge in [-0.3, -0.25) is 9.78 Å². The number of para-hydroxylation sites is 1. The number of benzene rings is 1. The van der Waals surface area contributed by atoms with Crippen molar-refractivity contribution >= 4 is 23.1 Å². The molecule has 0 unspecified atom stereocenters. The number of pyridine rings is 1. The van der Waals surface area contributed by atoms with Gasteiger partial charge in [0.05, 0.1) is 11.3 Å². The van der Waals surface area contributed by atoms with Crippen LogP contribution in [-0.4, -0.2) is 30.7 Å². The first kappa shape index (κ1) is 14.8. The Morgan fingerprint density at radius 1 is 1.00 bits per heavy atom. The zero-order chi connectivity index (χ0) is 17.2. The van der Waals surface area contributed by atoms with Gasteiger partial charge in [-0.15, -0.1) is 15.3 Å². The SMILES string of the molecule is NC(=O)c1ccccc1Nc1ccc2nnc(-c3ccncc3)n2n1. The molecule has 0 aliphatic rings.